The molecule has 1 aromatic carbocycles. The van der Waals surface area contributed by atoms with Crippen LogP contribution in [0.5, 0.6) is 5.75 Å². The maximum Gasteiger partial charge on any atom is 0.122 e. The van der Waals surface area contributed by atoms with Crippen molar-refractivity contribution in [3.63, 3.8) is 0 Å². The van der Waals surface area contributed by atoms with Crippen LogP contribution in [-0.2, 0) is 0 Å². The lowest BCUT2D eigenvalue weighted by atomic mass is 10.0. The fourth-order valence-corrected chi connectivity index (χ4v) is 2.12. The highest BCUT2D eigenvalue weighted by Crippen LogP contribution is 2.53. The number of rotatable bonds is 1. The van der Waals surface area contributed by atoms with Crippen molar-refractivity contribution < 1.29 is 4.74 Å². The van der Waals surface area contributed by atoms with Crippen molar-refractivity contribution in [3.8, 4) is 5.75 Å². The monoisotopic (exact) mass is 172 g/mol. The summed E-state index contributed by atoms with van der Waals surface area (Å²) >= 11 is 0. The standard InChI is InChI=1S/C12H12O/c1-2-8-3-4-12-11(5-8)10-6-9(10)7-13-12/h2-5,9-10H,1,6-7H2. The van der Waals surface area contributed by atoms with Gasteiger partial charge in [-0.25, -0.2) is 0 Å². The van der Waals surface area contributed by atoms with Crippen LogP contribution in [0.25, 0.3) is 6.08 Å². The van der Waals surface area contributed by atoms with Crippen LogP contribution in [-0.4, -0.2) is 6.61 Å². The lowest BCUT2D eigenvalue weighted by Crippen LogP contribution is -2.08. The summed E-state index contributed by atoms with van der Waals surface area (Å²) in [6.07, 6.45) is 3.21. The predicted octanol–water partition coefficient (Wildman–Crippen LogP) is 2.83. The second kappa shape index (κ2) is 2.38. The van der Waals surface area contributed by atoms with Gasteiger partial charge < -0.3 is 4.74 Å². The van der Waals surface area contributed by atoms with Gasteiger partial charge in [-0.3, -0.25) is 0 Å². The Morgan fingerprint density at radius 3 is 3.23 bits per heavy atom. The lowest BCUT2D eigenvalue weighted by molar-refractivity contribution is 0.279. The van der Waals surface area contributed by atoms with Crippen molar-refractivity contribution in [2.75, 3.05) is 6.61 Å². The van der Waals surface area contributed by atoms with E-state index in [0.29, 0.717) is 0 Å². The van der Waals surface area contributed by atoms with E-state index in [-0.39, 0.29) is 0 Å². The predicted molar refractivity (Wildman–Crippen MR) is 52.9 cm³/mol. The minimum Gasteiger partial charge on any atom is -0.493 e. The average molecular weight is 172 g/mol. The van der Waals surface area contributed by atoms with E-state index >= 15 is 0 Å². The van der Waals surface area contributed by atoms with E-state index in [0.717, 1.165) is 24.2 Å². The van der Waals surface area contributed by atoms with Gasteiger partial charge in [-0.1, -0.05) is 18.7 Å². The van der Waals surface area contributed by atoms with Gasteiger partial charge in [0, 0.05) is 5.92 Å². The highest BCUT2D eigenvalue weighted by molar-refractivity contribution is 5.54. The summed E-state index contributed by atoms with van der Waals surface area (Å²) in [5.41, 5.74) is 2.60. The van der Waals surface area contributed by atoms with Crippen LogP contribution >= 0.6 is 0 Å². The van der Waals surface area contributed by atoms with E-state index < -0.39 is 0 Å². The van der Waals surface area contributed by atoms with Crippen molar-refractivity contribution in [2.45, 2.75) is 12.3 Å². The van der Waals surface area contributed by atoms with Gasteiger partial charge in [-0.15, -0.1) is 0 Å². The molecule has 1 heterocycles. The molecule has 66 valence electrons. The van der Waals surface area contributed by atoms with Crippen LogP contribution in [0.2, 0.25) is 0 Å². The first kappa shape index (κ1) is 7.19. The second-order valence-corrected chi connectivity index (χ2v) is 3.91. The SMILES string of the molecule is C=Cc1ccc2c(c1)C1CC1CO2. The number of hydrogen-bond donors (Lipinski definition) is 0. The maximum atomic E-state index is 5.64. The van der Waals surface area contributed by atoms with Crippen molar-refractivity contribution in [2.24, 2.45) is 5.92 Å². The molecule has 0 aromatic heterocycles. The summed E-state index contributed by atoms with van der Waals surface area (Å²) in [5, 5.41) is 0. The van der Waals surface area contributed by atoms with Gasteiger partial charge in [0.1, 0.15) is 5.75 Å². The van der Waals surface area contributed by atoms with Crippen LogP contribution in [0, 0.1) is 5.92 Å². The van der Waals surface area contributed by atoms with E-state index in [1.165, 1.54) is 17.5 Å². The third-order valence-corrected chi connectivity index (χ3v) is 3.04. The number of fused-ring (bicyclic) bond motifs is 3. The zero-order chi connectivity index (χ0) is 8.84. The Morgan fingerprint density at radius 1 is 1.46 bits per heavy atom. The lowest BCUT2D eigenvalue weighted by Gasteiger charge is -2.16. The first-order valence-corrected chi connectivity index (χ1v) is 4.77. The quantitative estimate of drug-likeness (QED) is 0.633. The Labute approximate surface area is 78.0 Å². The smallest absolute Gasteiger partial charge is 0.122 e. The third kappa shape index (κ3) is 0.998. The number of benzene rings is 1. The molecule has 0 saturated heterocycles. The summed E-state index contributed by atoms with van der Waals surface area (Å²) in [6, 6.07) is 6.35. The molecule has 1 heteroatoms. The highest BCUT2D eigenvalue weighted by Gasteiger charge is 2.43. The van der Waals surface area contributed by atoms with Crippen LogP contribution in [0.3, 0.4) is 0 Å². The first-order valence-electron chi connectivity index (χ1n) is 4.77. The molecule has 2 atom stereocenters. The molecule has 3 rings (SSSR count). The second-order valence-electron chi connectivity index (χ2n) is 3.91. The Kier molecular flexibility index (Phi) is 1.32. The van der Waals surface area contributed by atoms with E-state index in [1.807, 2.05) is 6.08 Å². The minimum atomic E-state index is 0.781. The molecule has 1 aromatic rings. The molecule has 0 N–H and O–H groups in total. The van der Waals surface area contributed by atoms with Crippen molar-refractivity contribution in [1.82, 2.24) is 0 Å². The molecule has 0 bridgehead atoms. The molecular formula is C12H12O. The fourth-order valence-electron chi connectivity index (χ4n) is 2.12. The fraction of sp³-hybridized carbons (Fsp3) is 0.333. The maximum absolute atomic E-state index is 5.64. The summed E-state index contributed by atoms with van der Waals surface area (Å²) in [5.74, 6) is 2.67. The first-order chi connectivity index (χ1) is 6.38. The van der Waals surface area contributed by atoms with E-state index in [1.54, 1.807) is 0 Å². The van der Waals surface area contributed by atoms with Crippen LogP contribution in [0.4, 0.5) is 0 Å². The minimum absolute atomic E-state index is 0.781. The van der Waals surface area contributed by atoms with Crippen molar-refractivity contribution in [3.05, 3.63) is 35.9 Å². The van der Waals surface area contributed by atoms with Crippen LogP contribution in [0.15, 0.2) is 24.8 Å². The number of hydrogen-bond acceptors (Lipinski definition) is 1. The molecule has 1 aliphatic heterocycles. The summed E-state index contributed by atoms with van der Waals surface area (Å²) in [6.45, 7) is 4.70. The van der Waals surface area contributed by atoms with E-state index in [2.05, 4.69) is 24.8 Å². The van der Waals surface area contributed by atoms with Gasteiger partial charge in [0.05, 0.1) is 6.61 Å². The number of ether oxygens (including phenoxy) is 1. The zero-order valence-electron chi connectivity index (χ0n) is 7.49. The third-order valence-electron chi connectivity index (χ3n) is 3.04. The van der Waals surface area contributed by atoms with Gasteiger partial charge in [0.2, 0.25) is 0 Å². The summed E-state index contributed by atoms with van der Waals surface area (Å²) in [7, 11) is 0. The largest absolute Gasteiger partial charge is 0.493 e. The summed E-state index contributed by atoms with van der Waals surface area (Å²) in [4.78, 5) is 0. The molecule has 1 saturated carbocycles. The van der Waals surface area contributed by atoms with Crippen molar-refractivity contribution >= 4 is 6.08 Å². The van der Waals surface area contributed by atoms with Gasteiger partial charge in [0.25, 0.3) is 0 Å². The van der Waals surface area contributed by atoms with E-state index in [4.69, 9.17) is 4.74 Å². The molecule has 2 unspecified atom stereocenters. The molecule has 1 aliphatic carbocycles. The molecule has 1 fully saturated rings. The Morgan fingerprint density at radius 2 is 2.38 bits per heavy atom. The van der Waals surface area contributed by atoms with Gasteiger partial charge in [0.15, 0.2) is 0 Å². The molecule has 0 spiro atoms. The molecule has 0 radical (unpaired) electrons. The van der Waals surface area contributed by atoms with E-state index in [9.17, 15) is 0 Å². The van der Waals surface area contributed by atoms with Gasteiger partial charge in [-0.05, 0) is 35.6 Å². The van der Waals surface area contributed by atoms with Crippen LogP contribution in [0.1, 0.15) is 23.5 Å². The van der Waals surface area contributed by atoms with Gasteiger partial charge in [-0.2, -0.15) is 0 Å². The molecular weight excluding hydrogens is 160 g/mol. The Bertz CT molecular complexity index is 367. The molecule has 2 aliphatic rings. The topological polar surface area (TPSA) is 9.23 Å². The molecule has 13 heavy (non-hydrogen) atoms. The van der Waals surface area contributed by atoms with Crippen molar-refractivity contribution in [1.29, 1.82) is 0 Å². The molecule has 0 amide bonds. The summed E-state index contributed by atoms with van der Waals surface area (Å²) < 4.78 is 5.64. The normalized spacial score (nSPS) is 28.3. The Balaban J connectivity index is 2.11. The highest BCUT2D eigenvalue weighted by atomic mass is 16.5. The molecule has 1 nitrogen and oxygen atoms in total. The van der Waals surface area contributed by atoms with Crippen LogP contribution < -0.4 is 4.74 Å². The average Bonchev–Trinajstić information content (AvgIpc) is 2.96. The van der Waals surface area contributed by atoms with Gasteiger partial charge >= 0.3 is 0 Å². The Hall–Kier alpha value is -1.24. The zero-order valence-corrected chi connectivity index (χ0v) is 7.49.